The number of anilines is 1. The van der Waals surface area contributed by atoms with Crippen LogP contribution in [0.2, 0.25) is 0 Å². The van der Waals surface area contributed by atoms with Crippen LogP contribution in [-0.4, -0.2) is 15.6 Å². The molecule has 0 amide bonds. The molecule has 4 aromatic carbocycles. The number of para-hydroxylation sites is 1. The molecule has 170 valence electrons. The molecule has 4 nitrogen and oxygen atoms in total. The fourth-order valence-electron chi connectivity index (χ4n) is 5.76. The standard InChI is InChI=1S/C28H23ClN2O2S/c29-27-24(34-23-13-7-6-12-22(23)31(32)33)16-20-26(27)25-19-11-5-4-8-17(19)14-15-21(25)30-28(20)18-9-2-1-3-10-18/h1-15,20,24,26-28,30H,16H2/t20-,24-,26-,27-,28-/m0/s1. The lowest BCUT2D eigenvalue weighted by Gasteiger charge is -2.39. The molecule has 0 spiro atoms. The highest BCUT2D eigenvalue weighted by atomic mass is 35.5. The zero-order chi connectivity index (χ0) is 23.2. The minimum absolute atomic E-state index is 0.0655. The molecule has 6 rings (SSSR count). The molecule has 0 bridgehead atoms. The second-order valence-corrected chi connectivity index (χ2v) is 10.8. The molecule has 1 N–H and O–H groups in total. The van der Waals surface area contributed by atoms with Crippen molar-refractivity contribution in [1.29, 1.82) is 0 Å². The van der Waals surface area contributed by atoms with E-state index in [1.807, 2.05) is 18.2 Å². The molecule has 5 atom stereocenters. The van der Waals surface area contributed by atoms with Crippen molar-refractivity contribution in [2.75, 3.05) is 5.32 Å². The summed E-state index contributed by atoms with van der Waals surface area (Å²) in [5, 5.41) is 17.8. The third-order valence-corrected chi connectivity index (χ3v) is 9.32. The first-order valence-corrected chi connectivity index (χ1v) is 12.8. The smallest absolute Gasteiger partial charge is 0.282 e. The van der Waals surface area contributed by atoms with Crippen LogP contribution in [0, 0.1) is 16.0 Å². The quantitative estimate of drug-likeness (QED) is 0.182. The first-order chi connectivity index (χ1) is 16.6. The SMILES string of the molecule is O=[N+]([O-])c1ccccc1S[C@H]1C[C@H]2[C@@H](c3c(ccc4ccccc34)N[C@H]2c2ccccc2)[C@H]1Cl. The minimum atomic E-state index is -0.301. The van der Waals surface area contributed by atoms with Gasteiger partial charge in [0.1, 0.15) is 0 Å². The molecule has 1 saturated carbocycles. The van der Waals surface area contributed by atoms with Gasteiger partial charge >= 0.3 is 0 Å². The number of alkyl halides is 1. The summed E-state index contributed by atoms with van der Waals surface area (Å²) >= 11 is 8.85. The van der Waals surface area contributed by atoms with Gasteiger partial charge < -0.3 is 5.32 Å². The summed E-state index contributed by atoms with van der Waals surface area (Å²) in [5.41, 5.74) is 3.81. The second-order valence-electron chi connectivity index (χ2n) is 9.03. The number of hydrogen-bond acceptors (Lipinski definition) is 4. The van der Waals surface area contributed by atoms with E-state index in [9.17, 15) is 10.1 Å². The molecule has 34 heavy (non-hydrogen) atoms. The summed E-state index contributed by atoms with van der Waals surface area (Å²) in [6, 6.07) is 30.5. The Bertz CT molecular complexity index is 1380. The number of halogens is 1. The Labute approximate surface area is 207 Å². The summed E-state index contributed by atoms with van der Waals surface area (Å²) in [6.07, 6.45) is 0.880. The lowest BCUT2D eigenvalue weighted by Crippen LogP contribution is -2.31. The Balaban J connectivity index is 1.46. The van der Waals surface area contributed by atoms with E-state index in [2.05, 4.69) is 66.0 Å². The molecule has 1 aliphatic carbocycles. The first-order valence-electron chi connectivity index (χ1n) is 11.5. The Morgan fingerprint density at radius 2 is 1.65 bits per heavy atom. The highest BCUT2D eigenvalue weighted by Crippen LogP contribution is 2.59. The van der Waals surface area contributed by atoms with Crippen LogP contribution < -0.4 is 5.32 Å². The van der Waals surface area contributed by atoms with Crippen molar-refractivity contribution in [3.8, 4) is 0 Å². The van der Waals surface area contributed by atoms with Gasteiger partial charge in [-0.3, -0.25) is 10.1 Å². The Morgan fingerprint density at radius 3 is 2.47 bits per heavy atom. The van der Waals surface area contributed by atoms with Crippen LogP contribution in [-0.2, 0) is 0 Å². The van der Waals surface area contributed by atoms with Crippen molar-refractivity contribution in [3.05, 3.63) is 112 Å². The third-order valence-electron chi connectivity index (χ3n) is 7.21. The number of benzene rings is 4. The maximum Gasteiger partial charge on any atom is 0.282 e. The summed E-state index contributed by atoms with van der Waals surface area (Å²) < 4.78 is 0. The van der Waals surface area contributed by atoms with Crippen molar-refractivity contribution >= 4 is 45.5 Å². The lowest BCUT2D eigenvalue weighted by atomic mass is 9.75. The largest absolute Gasteiger partial charge is 0.378 e. The maximum atomic E-state index is 11.6. The van der Waals surface area contributed by atoms with E-state index in [0.717, 1.165) is 12.1 Å². The topological polar surface area (TPSA) is 55.2 Å². The van der Waals surface area contributed by atoms with Crippen LogP contribution in [0.4, 0.5) is 11.4 Å². The molecule has 4 aromatic rings. The van der Waals surface area contributed by atoms with E-state index in [0.29, 0.717) is 4.90 Å². The fourth-order valence-corrected chi connectivity index (χ4v) is 7.69. The molecule has 0 saturated heterocycles. The molecular weight excluding hydrogens is 464 g/mol. The molecule has 6 heteroatoms. The molecule has 1 aliphatic heterocycles. The van der Waals surface area contributed by atoms with E-state index >= 15 is 0 Å². The predicted octanol–water partition coefficient (Wildman–Crippen LogP) is 7.79. The van der Waals surface area contributed by atoms with Gasteiger partial charge in [0.25, 0.3) is 5.69 Å². The number of rotatable bonds is 4. The third kappa shape index (κ3) is 3.55. The van der Waals surface area contributed by atoms with E-state index in [1.54, 1.807) is 23.9 Å². The van der Waals surface area contributed by atoms with Gasteiger partial charge in [-0.25, -0.2) is 0 Å². The number of nitro benzene ring substituents is 1. The summed E-state index contributed by atoms with van der Waals surface area (Å²) in [6.45, 7) is 0. The summed E-state index contributed by atoms with van der Waals surface area (Å²) in [4.78, 5) is 12.0. The van der Waals surface area contributed by atoms with Gasteiger partial charge in [0.05, 0.1) is 21.2 Å². The van der Waals surface area contributed by atoms with E-state index in [-0.39, 0.29) is 39.1 Å². The van der Waals surface area contributed by atoms with Gasteiger partial charge in [-0.05, 0) is 46.4 Å². The Morgan fingerprint density at radius 1 is 0.912 bits per heavy atom. The predicted molar refractivity (Wildman–Crippen MR) is 140 cm³/mol. The van der Waals surface area contributed by atoms with Crippen molar-refractivity contribution in [2.24, 2.45) is 5.92 Å². The molecule has 0 radical (unpaired) electrons. The van der Waals surface area contributed by atoms with Gasteiger partial charge in [-0.1, -0.05) is 72.8 Å². The first kappa shape index (κ1) is 21.5. The van der Waals surface area contributed by atoms with Crippen molar-refractivity contribution in [1.82, 2.24) is 0 Å². The lowest BCUT2D eigenvalue weighted by molar-refractivity contribution is -0.387. The number of nitrogens with zero attached hydrogens (tertiary/aromatic N) is 1. The zero-order valence-electron chi connectivity index (χ0n) is 18.3. The van der Waals surface area contributed by atoms with E-state index in [1.165, 1.54) is 21.9 Å². The van der Waals surface area contributed by atoms with Crippen molar-refractivity contribution in [3.63, 3.8) is 0 Å². The number of nitro groups is 1. The van der Waals surface area contributed by atoms with Crippen molar-refractivity contribution in [2.45, 2.75) is 33.9 Å². The van der Waals surface area contributed by atoms with Crippen LogP contribution >= 0.6 is 23.4 Å². The minimum Gasteiger partial charge on any atom is -0.378 e. The van der Waals surface area contributed by atoms with Gasteiger partial charge in [-0.15, -0.1) is 23.4 Å². The number of thioether (sulfide) groups is 1. The van der Waals surface area contributed by atoms with Crippen LogP contribution in [0.3, 0.4) is 0 Å². The number of hydrogen-bond donors (Lipinski definition) is 1. The normalized spacial score (nSPS) is 25.4. The average molecular weight is 487 g/mol. The van der Waals surface area contributed by atoms with Crippen molar-refractivity contribution < 1.29 is 4.92 Å². The highest BCUT2D eigenvalue weighted by molar-refractivity contribution is 8.00. The molecule has 0 unspecified atom stereocenters. The van der Waals surface area contributed by atoms with Gasteiger partial charge in [0.2, 0.25) is 0 Å². The van der Waals surface area contributed by atoms with E-state index < -0.39 is 0 Å². The van der Waals surface area contributed by atoms with E-state index in [4.69, 9.17) is 11.6 Å². The molecule has 1 heterocycles. The molecule has 2 aliphatic rings. The molecule has 0 aromatic heterocycles. The van der Waals surface area contributed by atoms with Crippen LogP contribution in [0.5, 0.6) is 0 Å². The average Bonchev–Trinajstić information content (AvgIpc) is 3.19. The monoisotopic (exact) mass is 486 g/mol. The highest BCUT2D eigenvalue weighted by Gasteiger charge is 2.50. The molecule has 1 fully saturated rings. The maximum absolute atomic E-state index is 11.6. The summed E-state index contributed by atoms with van der Waals surface area (Å²) in [7, 11) is 0. The van der Waals surface area contributed by atoms with Gasteiger partial charge in [0, 0.05) is 22.9 Å². The zero-order valence-corrected chi connectivity index (χ0v) is 19.9. The second kappa shape index (κ2) is 8.64. The van der Waals surface area contributed by atoms with Gasteiger partial charge in [0.15, 0.2) is 0 Å². The summed E-state index contributed by atoms with van der Waals surface area (Å²) in [5.74, 6) is 0.429. The van der Waals surface area contributed by atoms with Crippen LogP contribution in [0.25, 0.3) is 10.8 Å². The van der Waals surface area contributed by atoms with Gasteiger partial charge in [-0.2, -0.15) is 0 Å². The number of fused-ring (bicyclic) bond motifs is 5. The fraction of sp³-hybridized carbons (Fsp3) is 0.214. The van der Waals surface area contributed by atoms with Crippen LogP contribution in [0.1, 0.15) is 29.5 Å². The molecular formula is C28H23ClN2O2S. The number of nitrogens with one attached hydrogen (secondary N) is 1. The Hall–Kier alpha value is -3.02. The Kier molecular flexibility index (Phi) is 5.47. The van der Waals surface area contributed by atoms with Crippen LogP contribution in [0.15, 0.2) is 95.9 Å².